The molecule has 166 valence electrons. The summed E-state index contributed by atoms with van der Waals surface area (Å²) in [4.78, 5) is 41.6. The normalized spacial score (nSPS) is 14.4. The molecule has 32 heavy (non-hydrogen) atoms. The van der Waals surface area contributed by atoms with Crippen molar-refractivity contribution in [3.05, 3.63) is 55.9 Å². The van der Waals surface area contributed by atoms with Crippen LogP contribution in [0.1, 0.15) is 19.4 Å². The molecule has 0 fully saturated rings. The van der Waals surface area contributed by atoms with Gasteiger partial charge in [0.05, 0.1) is 27.7 Å². The Morgan fingerprint density at radius 3 is 2.44 bits per heavy atom. The molecule has 0 unspecified atom stereocenters. The molecule has 0 saturated heterocycles. The van der Waals surface area contributed by atoms with Gasteiger partial charge in [-0.2, -0.15) is 4.99 Å². The van der Waals surface area contributed by atoms with Crippen LogP contribution in [-0.4, -0.2) is 30.1 Å². The van der Waals surface area contributed by atoms with E-state index in [4.69, 9.17) is 44.3 Å². The maximum atomic E-state index is 12.5. The highest BCUT2D eigenvalue weighted by molar-refractivity contribution is 8.19. The molecule has 0 saturated carbocycles. The van der Waals surface area contributed by atoms with Gasteiger partial charge in [0, 0.05) is 18.9 Å². The Morgan fingerprint density at radius 1 is 1.09 bits per heavy atom. The Balaban J connectivity index is 1.95. The van der Waals surface area contributed by atoms with Gasteiger partial charge in [-0.25, -0.2) is 0 Å². The number of carbonyl (C=O) groups excluding carboxylic acids is 3. The van der Waals surface area contributed by atoms with Crippen LogP contribution in [0.4, 0.5) is 5.69 Å². The molecule has 1 aliphatic heterocycles. The van der Waals surface area contributed by atoms with Gasteiger partial charge in [0.15, 0.2) is 16.7 Å². The van der Waals surface area contributed by atoms with E-state index in [1.807, 2.05) is 0 Å². The zero-order chi connectivity index (χ0) is 23.6. The zero-order valence-electron chi connectivity index (χ0n) is 16.9. The van der Waals surface area contributed by atoms with Crippen LogP contribution in [-0.2, 0) is 14.4 Å². The minimum Gasteiger partial charge on any atom is -0.493 e. The van der Waals surface area contributed by atoms with Crippen LogP contribution in [0.5, 0.6) is 11.5 Å². The summed E-state index contributed by atoms with van der Waals surface area (Å²) in [6, 6.07) is 7.71. The minimum atomic E-state index is -0.556. The van der Waals surface area contributed by atoms with Gasteiger partial charge in [-0.05, 0) is 53.7 Å². The Kier molecular flexibility index (Phi) is 7.51. The van der Waals surface area contributed by atoms with Crippen LogP contribution in [0.15, 0.2) is 40.2 Å². The molecule has 1 aliphatic rings. The van der Waals surface area contributed by atoms with Gasteiger partial charge >= 0.3 is 5.97 Å². The zero-order valence-corrected chi connectivity index (χ0v) is 20.0. The number of nitrogens with zero attached hydrogens (tertiary/aromatic N) is 2. The first-order chi connectivity index (χ1) is 15.1. The largest absolute Gasteiger partial charge is 0.493 e. The number of amidine groups is 1. The second kappa shape index (κ2) is 9.95. The number of methoxy groups -OCH3 is 1. The number of thioether (sulfide) groups is 1. The third-order valence-electron chi connectivity index (χ3n) is 4.06. The summed E-state index contributed by atoms with van der Waals surface area (Å²) in [6.45, 7) is 2.57. The lowest BCUT2D eigenvalue weighted by molar-refractivity contribution is -0.132. The maximum Gasteiger partial charge on any atom is 0.308 e. The van der Waals surface area contributed by atoms with Crippen LogP contribution >= 0.6 is 46.6 Å². The first kappa shape index (κ1) is 24.1. The summed E-state index contributed by atoms with van der Waals surface area (Å²) in [7, 11) is 1.39. The predicted molar refractivity (Wildman–Crippen MR) is 127 cm³/mol. The molecule has 3 rings (SSSR count). The molecule has 0 atom stereocenters. The lowest BCUT2D eigenvalue weighted by Gasteiger charge is -2.21. The van der Waals surface area contributed by atoms with Gasteiger partial charge in [0.25, 0.3) is 5.91 Å². The highest BCUT2D eigenvalue weighted by Crippen LogP contribution is 2.40. The van der Waals surface area contributed by atoms with Gasteiger partial charge in [-0.3, -0.25) is 19.3 Å². The molecule has 0 spiro atoms. The molecule has 2 amide bonds. The van der Waals surface area contributed by atoms with Gasteiger partial charge in [-0.1, -0.05) is 34.8 Å². The van der Waals surface area contributed by atoms with Crippen molar-refractivity contribution in [2.45, 2.75) is 13.8 Å². The summed E-state index contributed by atoms with van der Waals surface area (Å²) < 4.78 is 10.3. The molecule has 0 aromatic heterocycles. The van der Waals surface area contributed by atoms with Crippen molar-refractivity contribution in [3.63, 3.8) is 0 Å². The third-order valence-corrected chi connectivity index (χ3v) is 5.86. The monoisotopic (exact) mass is 512 g/mol. The fraction of sp³-hybridized carbons (Fsp3) is 0.143. The van der Waals surface area contributed by atoms with Crippen LogP contribution in [0.3, 0.4) is 0 Å². The van der Waals surface area contributed by atoms with Crippen molar-refractivity contribution >= 4 is 81.3 Å². The number of amides is 2. The SMILES string of the molecule is COc1cc(/C=C2/SC(N(C(C)=O)c3cc(Cl)ccc3Cl)=NC2=O)cc(Cl)c1OC(C)=O. The lowest BCUT2D eigenvalue weighted by Crippen LogP contribution is -2.32. The first-order valence-corrected chi connectivity index (χ1v) is 10.9. The topological polar surface area (TPSA) is 85.3 Å². The summed E-state index contributed by atoms with van der Waals surface area (Å²) in [6.07, 6.45) is 1.54. The number of hydrogen-bond donors (Lipinski definition) is 0. The molecule has 0 aliphatic carbocycles. The number of rotatable bonds is 4. The molecular weight excluding hydrogens is 499 g/mol. The van der Waals surface area contributed by atoms with E-state index in [2.05, 4.69) is 4.99 Å². The number of hydrogen-bond acceptors (Lipinski definition) is 6. The smallest absolute Gasteiger partial charge is 0.308 e. The Hall–Kier alpha value is -2.52. The number of aliphatic imine (C=N–C) groups is 1. The molecule has 11 heteroatoms. The van der Waals surface area contributed by atoms with Crippen LogP contribution in [0.2, 0.25) is 15.1 Å². The second-order valence-corrected chi connectivity index (χ2v) is 8.65. The Morgan fingerprint density at radius 2 is 1.81 bits per heavy atom. The van der Waals surface area contributed by atoms with Crippen LogP contribution in [0.25, 0.3) is 6.08 Å². The van der Waals surface area contributed by atoms with Crippen molar-refractivity contribution < 1.29 is 23.9 Å². The maximum absolute atomic E-state index is 12.5. The molecule has 2 aromatic carbocycles. The highest BCUT2D eigenvalue weighted by Gasteiger charge is 2.30. The summed E-state index contributed by atoms with van der Waals surface area (Å²) >= 11 is 19.5. The van der Waals surface area contributed by atoms with E-state index in [9.17, 15) is 14.4 Å². The first-order valence-electron chi connectivity index (χ1n) is 8.95. The molecule has 0 bridgehead atoms. The number of carbonyl (C=O) groups is 3. The van der Waals surface area contributed by atoms with E-state index < -0.39 is 17.8 Å². The van der Waals surface area contributed by atoms with Crippen LogP contribution in [0, 0.1) is 0 Å². The highest BCUT2D eigenvalue weighted by atomic mass is 35.5. The van der Waals surface area contributed by atoms with Crippen molar-refractivity contribution in [1.82, 2.24) is 0 Å². The quantitative estimate of drug-likeness (QED) is 0.300. The Labute approximate surface area is 202 Å². The van der Waals surface area contributed by atoms with E-state index in [1.165, 1.54) is 44.1 Å². The van der Waals surface area contributed by atoms with Crippen molar-refractivity contribution in [1.29, 1.82) is 0 Å². The van der Waals surface area contributed by atoms with Crippen molar-refractivity contribution in [3.8, 4) is 11.5 Å². The fourth-order valence-electron chi connectivity index (χ4n) is 2.78. The van der Waals surface area contributed by atoms with E-state index in [1.54, 1.807) is 18.2 Å². The standard InChI is InChI=1S/C21H15Cl3N2O5S/c1-10(27)26(16-9-13(22)4-5-14(16)23)21-25-20(29)18(32-21)8-12-6-15(24)19(31-11(2)28)17(7-12)30-3/h4-9H,1-3H3/b18-8+. The van der Waals surface area contributed by atoms with Gasteiger partial charge in [0.1, 0.15) is 0 Å². The van der Waals surface area contributed by atoms with Gasteiger partial charge < -0.3 is 9.47 Å². The Bertz CT molecular complexity index is 1200. The van der Waals surface area contributed by atoms with Crippen molar-refractivity contribution in [2.24, 2.45) is 4.99 Å². The average molecular weight is 514 g/mol. The van der Waals surface area contributed by atoms with E-state index in [0.29, 0.717) is 16.3 Å². The molecule has 0 radical (unpaired) electrons. The summed E-state index contributed by atoms with van der Waals surface area (Å²) in [5.41, 5.74) is 0.813. The lowest BCUT2D eigenvalue weighted by atomic mass is 10.2. The minimum absolute atomic E-state index is 0.0736. The summed E-state index contributed by atoms with van der Waals surface area (Å²) in [5, 5.41) is 0.901. The third kappa shape index (κ3) is 5.27. The molecule has 7 nitrogen and oxygen atoms in total. The van der Waals surface area contributed by atoms with Gasteiger partial charge in [0.2, 0.25) is 5.91 Å². The second-order valence-electron chi connectivity index (χ2n) is 6.39. The van der Waals surface area contributed by atoms with E-state index in [-0.39, 0.29) is 31.6 Å². The van der Waals surface area contributed by atoms with Crippen LogP contribution < -0.4 is 14.4 Å². The number of ether oxygens (including phenoxy) is 2. The predicted octanol–water partition coefficient (Wildman–Crippen LogP) is 5.60. The molecule has 0 N–H and O–H groups in total. The number of benzene rings is 2. The van der Waals surface area contributed by atoms with E-state index in [0.717, 1.165) is 11.8 Å². The van der Waals surface area contributed by atoms with E-state index >= 15 is 0 Å². The average Bonchev–Trinajstić information content (AvgIpc) is 3.05. The number of esters is 1. The number of halogens is 3. The van der Waals surface area contributed by atoms with Crippen molar-refractivity contribution in [2.75, 3.05) is 12.0 Å². The summed E-state index contributed by atoms with van der Waals surface area (Å²) in [5.74, 6) is -1.21. The molecular formula is C21H15Cl3N2O5S. The number of anilines is 1. The fourth-order valence-corrected chi connectivity index (χ4v) is 4.37. The molecule has 2 aromatic rings. The molecule has 1 heterocycles. The van der Waals surface area contributed by atoms with Gasteiger partial charge in [-0.15, -0.1) is 0 Å².